The van der Waals surface area contributed by atoms with Gasteiger partial charge in [0, 0.05) is 20.8 Å². The molecule has 0 heterocycles. The molecule has 0 aliphatic carbocycles. The zero-order valence-corrected chi connectivity index (χ0v) is 15.1. The third-order valence-electron chi connectivity index (χ3n) is 2.47. The minimum Gasteiger partial charge on any atom is -0.479 e. The van der Waals surface area contributed by atoms with Crippen molar-refractivity contribution in [1.82, 2.24) is 0 Å². The standard InChI is InChI=1S/C12H15BrO13/c1-4(14)23-10(21)12(24-5(2)15,26-25-6(3)16)11(13,22)8(18)7(17)9(19)20/h7-8,17-18,22H,1-3H3,(H,19,20)/t7-,8+,11-,12-/m0/s1. The van der Waals surface area contributed by atoms with Crippen LogP contribution in [-0.2, 0) is 43.2 Å². The Bertz CT molecular complexity index is 600. The molecule has 26 heavy (non-hydrogen) atoms. The van der Waals surface area contributed by atoms with Crippen molar-refractivity contribution in [3.8, 4) is 0 Å². The fourth-order valence-corrected chi connectivity index (χ4v) is 1.98. The van der Waals surface area contributed by atoms with E-state index in [0.717, 1.165) is 13.8 Å². The van der Waals surface area contributed by atoms with Crippen LogP contribution in [0.4, 0.5) is 0 Å². The van der Waals surface area contributed by atoms with Crippen molar-refractivity contribution < 1.29 is 63.6 Å². The molecule has 13 nitrogen and oxygen atoms in total. The highest BCUT2D eigenvalue weighted by atomic mass is 79.9. The normalized spacial score (nSPS) is 17.7. The number of esters is 3. The number of carboxylic acids is 1. The molecule has 0 fully saturated rings. The van der Waals surface area contributed by atoms with Crippen LogP contribution >= 0.6 is 15.9 Å². The molecule has 0 spiro atoms. The number of rotatable bonds is 8. The third-order valence-corrected chi connectivity index (χ3v) is 3.47. The summed E-state index contributed by atoms with van der Waals surface area (Å²) in [7, 11) is 0. The lowest BCUT2D eigenvalue weighted by molar-refractivity contribution is -0.412. The fourth-order valence-electron chi connectivity index (χ4n) is 1.42. The van der Waals surface area contributed by atoms with Gasteiger partial charge in [0.05, 0.1) is 0 Å². The van der Waals surface area contributed by atoms with Crippen LogP contribution in [0.1, 0.15) is 20.8 Å². The Morgan fingerprint density at radius 2 is 1.46 bits per heavy atom. The number of ether oxygens (including phenoxy) is 2. The molecule has 0 saturated carbocycles. The van der Waals surface area contributed by atoms with E-state index in [-0.39, 0.29) is 0 Å². The maximum atomic E-state index is 12.2. The van der Waals surface area contributed by atoms with Gasteiger partial charge in [0.1, 0.15) is 6.10 Å². The second kappa shape index (κ2) is 9.00. The van der Waals surface area contributed by atoms with E-state index in [4.69, 9.17) is 5.11 Å². The first-order chi connectivity index (χ1) is 11.7. The number of hydrogen-bond acceptors (Lipinski definition) is 12. The van der Waals surface area contributed by atoms with E-state index in [1.165, 1.54) is 0 Å². The van der Waals surface area contributed by atoms with E-state index in [1.807, 2.05) is 0 Å². The average Bonchev–Trinajstić information content (AvgIpc) is 2.47. The summed E-state index contributed by atoms with van der Waals surface area (Å²) in [5, 5.41) is 38.4. The molecule has 0 rings (SSSR count). The largest absolute Gasteiger partial charge is 0.479 e. The van der Waals surface area contributed by atoms with E-state index in [9.17, 15) is 39.3 Å². The quantitative estimate of drug-likeness (QED) is 0.0774. The molecule has 0 aromatic heterocycles. The molecule has 0 aromatic rings. The number of carboxylic acid groups (broad SMARTS) is 1. The fraction of sp³-hybridized carbons (Fsp3) is 0.583. The minimum atomic E-state index is -3.65. The predicted molar refractivity (Wildman–Crippen MR) is 77.6 cm³/mol. The highest BCUT2D eigenvalue weighted by Crippen LogP contribution is 2.39. The zero-order valence-electron chi connectivity index (χ0n) is 13.5. The number of aliphatic carboxylic acids is 1. The van der Waals surface area contributed by atoms with Crippen molar-refractivity contribution in [2.45, 2.75) is 43.3 Å². The van der Waals surface area contributed by atoms with E-state index in [2.05, 4.69) is 35.2 Å². The summed E-state index contributed by atoms with van der Waals surface area (Å²) in [6.45, 7) is 2.15. The Balaban J connectivity index is 6.38. The van der Waals surface area contributed by atoms with Gasteiger partial charge in [-0.1, -0.05) is 0 Å². The van der Waals surface area contributed by atoms with Gasteiger partial charge in [-0.25, -0.2) is 14.4 Å². The summed E-state index contributed by atoms with van der Waals surface area (Å²) in [4.78, 5) is 64.6. The van der Waals surface area contributed by atoms with Crippen molar-refractivity contribution in [3.05, 3.63) is 0 Å². The lowest BCUT2D eigenvalue weighted by Gasteiger charge is -2.40. The van der Waals surface area contributed by atoms with Gasteiger partial charge in [0.25, 0.3) is 0 Å². The second-order valence-corrected chi connectivity index (χ2v) is 5.86. The molecule has 0 unspecified atom stereocenters. The van der Waals surface area contributed by atoms with Crippen LogP contribution in [0.5, 0.6) is 0 Å². The summed E-state index contributed by atoms with van der Waals surface area (Å²) < 4.78 is 5.08. The Morgan fingerprint density at radius 1 is 0.962 bits per heavy atom. The molecule has 0 saturated heterocycles. The molecule has 0 aliphatic heterocycles. The van der Waals surface area contributed by atoms with Crippen molar-refractivity contribution in [2.75, 3.05) is 0 Å². The first kappa shape index (κ1) is 23.9. The van der Waals surface area contributed by atoms with Crippen molar-refractivity contribution in [1.29, 1.82) is 0 Å². The number of aliphatic hydroxyl groups excluding tert-OH is 2. The molecule has 0 bridgehead atoms. The van der Waals surface area contributed by atoms with Gasteiger partial charge in [0.2, 0.25) is 4.51 Å². The lowest BCUT2D eigenvalue weighted by atomic mass is 9.99. The molecule has 14 heteroatoms. The van der Waals surface area contributed by atoms with E-state index in [1.54, 1.807) is 0 Å². The minimum absolute atomic E-state index is 0.677. The van der Waals surface area contributed by atoms with Crippen LogP contribution in [0.3, 0.4) is 0 Å². The molecule has 148 valence electrons. The molecule has 0 amide bonds. The molecule has 0 aromatic carbocycles. The van der Waals surface area contributed by atoms with Gasteiger partial charge >= 0.3 is 35.6 Å². The maximum absolute atomic E-state index is 12.2. The average molecular weight is 447 g/mol. The van der Waals surface area contributed by atoms with Crippen molar-refractivity contribution >= 4 is 45.8 Å². The monoisotopic (exact) mass is 446 g/mol. The van der Waals surface area contributed by atoms with E-state index < -0.39 is 52.4 Å². The summed E-state index contributed by atoms with van der Waals surface area (Å²) in [6.07, 6.45) is -5.60. The van der Waals surface area contributed by atoms with E-state index in [0.29, 0.717) is 6.92 Å². The summed E-state index contributed by atoms with van der Waals surface area (Å²) in [5.41, 5.74) is 0. The second-order valence-electron chi connectivity index (χ2n) is 4.65. The number of carbonyl (C=O) groups is 5. The van der Waals surface area contributed by atoms with E-state index >= 15 is 0 Å². The highest BCUT2D eigenvalue weighted by Gasteiger charge is 2.69. The number of aliphatic hydroxyl groups is 3. The molecular formula is C12H15BrO13. The van der Waals surface area contributed by atoms with Gasteiger partial charge in [-0.3, -0.25) is 14.5 Å². The van der Waals surface area contributed by atoms with Crippen LogP contribution < -0.4 is 0 Å². The Morgan fingerprint density at radius 3 is 1.81 bits per heavy atom. The third kappa shape index (κ3) is 5.43. The maximum Gasteiger partial charge on any atom is 0.395 e. The van der Waals surface area contributed by atoms with Crippen molar-refractivity contribution in [3.63, 3.8) is 0 Å². The van der Waals surface area contributed by atoms with Crippen LogP contribution in [0, 0.1) is 0 Å². The Kier molecular flexibility index (Phi) is 8.26. The summed E-state index contributed by atoms with van der Waals surface area (Å²) >= 11 is 2.29. The van der Waals surface area contributed by atoms with Crippen molar-refractivity contribution in [2.24, 2.45) is 0 Å². The number of carbonyl (C=O) groups excluding carboxylic acids is 4. The smallest absolute Gasteiger partial charge is 0.395 e. The topological polar surface area (TPSA) is 203 Å². The lowest BCUT2D eigenvalue weighted by Crippen LogP contribution is -2.68. The molecule has 0 radical (unpaired) electrons. The van der Waals surface area contributed by atoms with Crippen LogP contribution in [-0.4, -0.2) is 72.8 Å². The SMILES string of the molecule is CC(=O)OO[C@@](OC(C)=O)(C(=O)OC(C)=O)[C@](O)(Br)[C@H](O)[C@H](O)C(=O)O. The van der Waals surface area contributed by atoms with Gasteiger partial charge in [-0.15, -0.1) is 4.89 Å². The number of halogens is 1. The Labute approximate surface area is 153 Å². The zero-order chi connectivity index (χ0) is 20.9. The molecular weight excluding hydrogens is 432 g/mol. The summed E-state index contributed by atoms with van der Waals surface area (Å²) in [6, 6.07) is 0. The van der Waals surface area contributed by atoms with Gasteiger partial charge in [-0.2, -0.15) is 0 Å². The molecule has 4 N–H and O–H groups in total. The predicted octanol–water partition coefficient (Wildman–Crippen LogP) is -2.28. The molecule has 0 aliphatic rings. The first-order valence-electron chi connectivity index (χ1n) is 6.48. The van der Waals surface area contributed by atoms with Gasteiger partial charge in [0.15, 0.2) is 6.10 Å². The molecule has 4 atom stereocenters. The Hall–Kier alpha value is -2.13. The first-order valence-corrected chi connectivity index (χ1v) is 7.27. The van der Waals surface area contributed by atoms with Crippen LogP contribution in [0.2, 0.25) is 0 Å². The van der Waals surface area contributed by atoms with Crippen LogP contribution in [0.15, 0.2) is 0 Å². The number of hydrogen-bond donors (Lipinski definition) is 4. The van der Waals surface area contributed by atoms with Gasteiger partial charge in [-0.05, 0) is 15.9 Å². The van der Waals surface area contributed by atoms with Crippen LogP contribution in [0.25, 0.3) is 0 Å². The summed E-state index contributed by atoms with van der Waals surface area (Å²) in [5.74, 6) is -11.7. The number of alkyl halides is 1. The highest BCUT2D eigenvalue weighted by molar-refractivity contribution is 9.10. The van der Waals surface area contributed by atoms with Gasteiger partial charge < -0.3 is 29.9 Å².